The minimum atomic E-state index is -0.116. The average molecular weight is 263 g/mol. The van der Waals surface area contributed by atoms with Gasteiger partial charge in [-0.05, 0) is 37.8 Å². The molecule has 104 valence electrons. The molecule has 1 saturated carbocycles. The van der Waals surface area contributed by atoms with Crippen LogP contribution in [0.1, 0.15) is 36.0 Å². The molecule has 19 heavy (non-hydrogen) atoms. The number of carbonyl (C=O) groups is 1. The van der Waals surface area contributed by atoms with E-state index in [0.29, 0.717) is 23.5 Å². The largest absolute Gasteiger partial charge is 0.381 e. The normalized spacial score (nSPS) is 22.8. The summed E-state index contributed by atoms with van der Waals surface area (Å²) in [6.07, 6.45) is 6.30. The molecular formula is C14H21N3O2. The first-order chi connectivity index (χ1) is 9.24. The number of aromatic nitrogens is 1. The summed E-state index contributed by atoms with van der Waals surface area (Å²) in [6.45, 7) is 0. The summed E-state index contributed by atoms with van der Waals surface area (Å²) in [5.74, 6) is 0.540. The molecule has 1 aromatic heterocycles. The number of hydrogen-bond acceptors (Lipinski definition) is 4. The Morgan fingerprint density at radius 3 is 3.05 bits per heavy atom. The number of methoxy groups -OCH3 is 1. The zero-order valence-corrected chi connectivity index (χ0v) is 11.5. The standard InChI is InChI=1S/C14H21N3O2/c1-15-14(18)12-7-4-8-16-13(12)17-10-5-3-6-11(9-10)19-2/h4,7-8,10-11H,3,5-6,9H2,1-2H3,(H,15,18)(H,16,17). The van der Waals surface area contributed by atoms with E-state index < -0.39 is 0 Å². The van der Waals surface area contributed by atoms with Crippen LogP contribution in [0.3, 0.4) is 0 Å². The number of anilines is 1. The maximum absolute atomic E-state index is 11.8. The molecule has 0 spiro atoms. The Hall–Kier alpha value is -1.62. The molecule has 5 nitrogen and oxygen atoms in total. The van der Waals surface area contributed by atoms with Crippen molar-refractivity contribution in [1.82, 2.24) is 10.3 Å². The summed E-state index contributed by atoms with van der Waals surface area (Å²) in [5, 5.41) is 6.01. The summed E-state index contributed by atoms with van der Waals surface area (Å²) in [5.41, 5.74) is 0.588. The highest BCUT2D eigenvalue weighted by Gasteiger charge is 2.23. The Morgan fingerprint density at radius 1 is 1.47 bits per heavy atom. The molecule has 0 radical (unpaired) electrons. The summed E-state index contributed by atoms with van der Waals surface area (Å²) < 4.78 is 5.42. The number of hydrogen-bond donors (Lipinski definition) is 2. The predicted molar refractivity (Wildman–Crippen MR) is 74.3 cm³/mol. The first-order valence-corrected chi connectivity index (χ1v) is 6.71. The van der Waals surface area contributed by atoms with Crippen LogP contribution in [0.15, 0.2) is 18.3 Å². The van der Waals surface area contributed by atoms with Crippen molar-refractivity contribution < 1.29 is 9.53 Å². The lowest BCUT2D eigenvalue weighted by molar-refractivity contribution is 0.0669. The Morgan fingerprint density at radius 2 is 2.32 bits per heavy atom. The monoisotopic (exact) mass is 263 g/mol. The number of nitrogens with one attached hydrogen (secondary N) is 2. The van der Waals surface area contributed by atoms with Gasteiger partial charge >= 0.3 is 0 Å². The van der Waals surface area contributed by atoms with Gasteiger partial charge in [-0.3, -0.25) is 4.79 Å². The topological polar surface area (TPSA) is 63.2 Å². The Bertz CT molecular complexity index is 436. The SMILES string of the molecule is CNC(=O)c1cccnc1NC1CCCC(OC)C1. The summed E-state index contributed by atoms with van der Waals surface area (Å²) in [7, 11) is 3.38. The van der Waals surface area contributed by atoms with Gasteiger partial charge in [-0.25, -0.2) is 4.98 Å². The van der Waals surface area contributed by atoms with Crippen molar-refractivity contribution in [3.05, 3.63) is 23.9 Å². The van der Waals surface area contributed by atoms with E-state index in [1.165, 1.54) is 0 Å². The fourth-order valence-corrected chi connectivity index (χ4v) is 2.52. The third-order valence-electron chi connectivity index (χ3n) is 3.58. The molecular weight excluding hydrogens is 242 g/mol. The van der Waals surface area contributed by atoms with E-state index in [0.717, 1.165) is 25.7 Å². The van der Waals surface area contributed by atoms with Crippen LogP contribution >= 0.6 is 0 Å². The van der Waals surface area contributed by atoms with Gasteiger partial charge in [0, 0.05) is 26.4 Å². The van der Waals surface area contributed by atoms with Gasteiger partial charge in [-0.1, -0.05) is 0 Å². The van der Waals surface area contributed by atoms with Crippen molar-refractivity contribution in [3.63, 3.8) is 0 Å². The molecule has 1 heterocycles. The van der Waals surface area contributed by atoms with Gasteiger partial charge in [0.25, 0.3) is 5.91 Å². The molecule has 0 aromatic carbocycles. The van der Waals surface area contributed by atoms with Crippen molar-refractivity contribution in [1.29, 1.82) is 0 Å². The van der Waals surface area contributed by atoms with E-state index in [1.807, 2.05) is 0 Å². The Labute approximate surface area is 113 Å². The molecule has 1 aromatic rings. The lowest BCUT2D eigenvalue weighted by Crippen LogP contribution is -2.32. The number of ether oxygens (including phenoxy) is 1. The maximum Gasteiger partial charge on any atom is 0.254 e. The molecule has 5 heteroatoms. The Kier molecular flexibility index (Phi) is 4.74. The number of rotatable bonds is 4. The molecule has 1 aliphatic rings. The maximum atomic E-state index is 11.8. The minimum absolute atomic E-state index is 0.116. The van der Waals surface area contributed by atoms with Crippen LogP contribution in [-0.2, 0) is 4.74 Å². The molecule has 2 rings (SSSR count). The number of pyridine rings is 1. The highest BCUT2D eigenvalue weighted by atomic mass is 16.5. The zero-order valence-electron chi connectivity index (χ0n) is 11.5. The van der Waals surface area contributed by atoms with E-state index in [2.05, 4.69) is 15.6 Å². The molecule has 1 aliphatic carbocycles. The third kappa shape index (κ3) is 3.44. The van der Waals surface area contributed by atoms with Gasteiger partial charge in [0.15, 0.2) is 0 Å². The predicted octanol–water partition coefficient (Wildman–Crippen LogP) is 1.81. The van der Waals surface area contributed by atoms with Crippen molar-refractivity contribution in [2.45, 2.75) is 37.8 Å². The van der Waals surface area contributed by atoms with Crippen LogP contribution in [0.4, 0.5) is 5.82 Å². The molecule has 2 N–H and O–H groups in total. The molecule has 2 unspecified atom stereocenters. The van der Waals surface area contributed by atoms with E-state index in [-0.39, 0.29) is 5.91 Å². The van der Waals surface area contributed by atoms with Crippen molar-refractivity contribution >= 4 is 11.7 Å². The van der Waals surface area contributed by atoms with E-state index in [9.17, 15) is 4.79 Å². The van der Waals surface area contributed by atoms with Gasteiger partial charge in [0.2, 0.25) is 0 Å². The molecule has 0 bridgehead atoms. The van der Waals surface area contributed by atoms with Gasteiger partial charge in [0.05, 0.1) is 11.7 Å². The van der Waals surface area contributed by atoms with Crippen LogP contribution in [-0.4, -0.2) is 37.2 Å². The van der Waals surface area contributed by atoms with Crippen molar-refractivity contribution in [3.8, 4) is 0 Å². The molecule has 2 atom stereocenters. The second-order valence-corrected chi connectivity index (χ2v) is 4.84. The number of nitrogens with zero attached hydrogens (tertiary/aromatic N) is 1. The Balaban J connectivity index is 2.08. The minimum Gasteiger partial charge on any atom is -0.381 e. The quantitative estimate of drug-likeness (QED) is 0.869. The molecule has 1 fully saturated rings. The van der Waals surface area contributed by atoms with Crippen LogP contribution in [0.25, 0.3) is 0 Å². The first-order valence-electron chi connectivity index (χ1n) is 6.71. The summed E-state index contributed by atoms with van der Waals surface area (Å²) >= 11 is 0. The fourth-order valence-electron chi connectivity index (χ4n) is 2.52. The van der Waals surface area contributed by atoms with E-state index in [4.69, 9.17) is 4.74 Å². The number of carbonyl (C=O) groups excluding carboxylic acids is 1. The zero-order chi connectivity index (χ0) is 13.7. The molecule has 0 aliphatic heterocycles. The highest BCUT2D eigenvalue weighted by molar-refractivity contribution is 5.98. The fraction of sp³-hybridized carbons (Fsp3) is 0.571. The highest BCUT2D eigenvalue weighted by Crippen LogP contribution is 2.24. The van der Waals surface area contributed by atoms with Crippen LogP contribution < -0.4 is 10.6 Å². The second-order valence-electron chi connectivity index (χ2n) is 4.84. The van der Waals surface area contributed by atoms with Crippen molar-refractivity contribution in [2.24, 2.45) is 0 Å². The second kappa shape index (κ2) is 6.52. The lowest BCUT2D eigenvalue weighted by atomic mass is 9.92. The third-order valence-corrected chi connectivity index (χ3v) is 3.58. The van der Waals surface area contributed by atoms with Gasteiger partial charge in [-0.2, -0.15) is 0 Å². The van der Waals surface area contributed by atoms with E-state index >= 15 is 0 Å². The smallest absolute Gasteiger partial charge is 0.254 e. The van der Waals surface area contributed by atoms with Gasteiger partial charge in [0.1, 0.15) is 5.82 Å². The van der Waals surface area contributed by atoms with Gasteiger partial charge in [-0.15, -0.1) is 0 Å². The van der Waals surface area contributed by atoms with Crippen molar-refractivity contribution in [2.75, 3.05) is 19.5 Å². The van der Waals surface area contributed by atoms with Crippen LogP contribution in [0, 0.1) is 0 Å². The molecule has 1 amide bonds. The van der Waals surface area contributed by atoms with E-state index in [1.54, 1.807) is 32.5 Å². The lowest BCUT2D eigenvalue weighted by Gasteiger charge is -2.29. The number of amides is 1. The summed E-state index contributed by atoms with van der Waals surface area (Å²) in [6, 6.07) is 3.87. The summed E-state index contributed by atoms with van der Waals surface area (Å²) in [4.78, 5) is 16.1. The van der Waals surface area contributed by atoms with Gasteiger partial charge < -0.3 is 15.4 Å². The molecule has 0 saturated heterocycles. The average Bonchev–Trinajstić information content (AvgIpc) is 2.47. The van der Waals surface area contributed by atoms with Crippen LogP contribution in [0.5, 0.6) is 0 Å². The first kappa shape index (κ1) is 13.8. The van der Waals surface area contributed by atoms with Crippen LogP contribution in [0.2, 0.25) is 0 Å².